The van der Waals surface area contributed by atoms with Crippen molar-refractivity contribution in [3.63, 3.8) is 0 Å². The highest BCUT2D eigenvalue weighted by atomic mass is 16.2. The van der Waals surface area contributed by atoms with Crippen LogP contribution in [0.3, 0.4) is 0 Å². The molecule has 0 unspecified atom stereocenters. The lowest BCUT2D eigenvalue weighted by molar-refractivity contribution is -0.122. The maximum Gasteiger partial charge on any atom is 0.234 e. The molecule has 2 saturated heterocycles. The number of hydrogen-bond donors (Lipinski definition) is 1. The number of amides is 1. The van der Waals surface area contributed by atoms with E-state index in [-0.39, 0.29) is 5.91 Å². The molecular weight excluding hydrogens is 274 g/mol. The number of benzene rings is 1. The average molecular weight is 301 g/mol. The fraction of sp³-hybridized carbons (Fsp3) is 0.611. The molecule has 1 amide bonds. The fourth-order valence-corrected chi connectivity index (χ4v) is 3.52. The Balaban J connectivity index is 1.44. The zero-order valence-corrected chi connectivity index (χ0v) is 13.6. The van der Waals surface area contributed by atoms with Crippen LogP contribution in [0.25, 0.3) is 0 Å². The topological polar surface area (TPSA) is 35.6 Å². The highest BCUT2D eigenvalue weighted by Crippen LogP contribution is 2.21. The SMILES string of the molecule is Cc1cccc(N2CCC(NC(=O)CN3CCCC3)CC2)c1. The van der Waals surface area contributed by atoms with Crippen LogP contribution in [0.4, 0.5) is 5.69 Å². The molecule has 22 heavy (non-hydrogen) atoms. The number of likely N-dealkylation sites (tertiary alicyclic amines) is 1. The molecule has 1 aromatic carbocycles. The van der Waals surface area contributed by atoms with E-state index in [2.05, 4.69) is 46.3 Å². The van der Waals surface area contributed by atoms with Crippen molar-refractivity contribution in [1.82, 2.24) is 10.2 Å². The Morgan fingerprint density at radius 1 is 1.18 bits per heavy atom. The van der Waals surface area contributed by atoms with E-state index in [0.717, 1.165) is 39.0 Å². The molecule has 1 N–H and O–H groups in total. The summed E-state index contributed by atoms with van der Waals surface area (Å²) >= 11 is 0. The maximum absolute atomic E-state index is 12.1. The lowest BCUT2D eigenvalue weighted by Gasteiger charge is -2.34. The van der Waals surface area contributed by atoms with Crippen molar-refractivity contribution in [1.29, 1.82) is 0 Å². The molecule has 2 aliphatic heterocycles. The van der Waals surface area contributed by atoms with Crippen molar-refractivity contribution < 1.29 is 4.79 Å². The van der Waals surface area contributed by atoms with E-state index < -0.39 is 0 Å². The Morgan fingerprint density at radius 3 is 2.59 bits per heavy atom. The third kappa shape index (κ3) is 4.01. The number of anilines is 1. The summed E-state index contributed by atoms with van der Waals surface area (Å²) < 4.78 is 0. The van der Waals surface area contributed by atoms with E-state index in [0.29, 0.717) is 12.6 Å². The molecule has 3 rings (SSSR count). The van der Waals surface area contributed by atoms with Gasteiger partial charge in [-0.1, -0.05) is 12.1 Å². The minimum absolute atomic E-state index is 0.205. The summed E-state index contributed by atoms with van der Waals surface area (Å²) in [6.45, 7) is 6.93. The van der Waals surface area contributed by atoms with Crippen LogP contribution in [0.15, 0.2) is 24.3 Å². The molecule has 0 spiro atoms. The Kier molecular flexibility index (Phi) is 4.98. The van der Waals surface area contributed by atoms with E-state index >= 15 is 0 Å². The van der Waals surface area contributed by atoms with Crippen LogP contribution in [0.1, 0.15) is 31.2 Å². The molecule has 0 radical (unpaired) electrons. The van der Waals surface area contributed by atoms with Crippen molar-refractivity contribution in [2.24, 2.45) is 0 Å². The number of aryl methyl sites for hydroxylation is 1. The zero-order chi connectivity index (χ0) is 15.4. The van der Waals surface area contributed by atoms with Crippen molar-refractivity contribution in [2.75, 3.05) is 37.6 Å². The van der Waals surface area contributed by atoms with Crippen LogP contribution >= 0.6 is 0 Å². The molecule has 120 valence electrons. The third-order valence-electron chi connectivity index (χ3n) is 4.79. The van der Waals surface area contributed by atoms with E-state index in [1.165, 1.54) is 24.1 Å². The highest BCUT2D eigenvalue weighted by Gasteiger charge is 2.22. The lowest BCUT2D eigenvalue weighted by Crippen LogP contribution is -2.47. The first kappa shape index (κ1) is 15.3. The number of rotatable bonds is 4. The minimum Gasteiger partial charge on any atom is -0.371 e. The predicted molar refractivity (Wildman–Crippen MR) is 90.2 cm³/mol. The van der Waals surface area contributed by atoms with Gasteiger partial charge in [0.05, 0.1) is 6.54 Å². The van der Waals surface area contributed by atoms with Crippen molar-refractivity contribution in [2.45, 2.75) is 38.6 Å². The lowest BCUT2D eigenvalue weighted by atomic mass is 10.0. The average Bonchev–Trinajstić information content (AvgIpc) is 3.01. The molecule has 2 heterocycles. The van der Waals surface area contributed by atoms with Gasteiger partial charge in [0.25, 0.3) is 0 Å². The fourth-order valence-electron chi connectivity index (χ4n) is 3.52. The van der Waals surface area contributed by atoms with Gasteiger partial charge in [0.1, 0.15) is 0 Å². The van der Waals surface area contributed by atoms with E-state index in [1.807, 2.05) is 0 Å². The number of nitrogens with one attached hydrogen (secondary N) is 1. The summed E-state index contributed by atoms with van der Waals surface area (Å²) in [5.74, 6) is 0.205. The van der Waals surface area contributed by atoms with Gasteiger partial charge < -0.3 is 10.2 Å². The van der Waals surface area contributed by atoms with Crippen molar-refractivity contribution in [3.8, 4) is 0 Å². The Hall–Kier alpha value is -1.55. The second-order valence-corrected chi connectivity index (χ2v) is 6.65. The van der Waals surface area contributed by atoms with Crippen LogP contribution in [0.2, 0.25) is 0 Å². The van der Waals surface area contributed by atoms with Crippen LogP contribution in [-0.4, -0.2) is 49.6 Å². The van der Waals surface area contributed by atoms with Crippen LogP contribution in [0, 0.1) is 6.92 Å². The number of hydrogen-bond acceptors (Lipinski definition) is 3. The first-order valence-corrected chi connectivity index (χ1v) is 8.54. The minimum atomic E-state index is 0.205. The van der Waals surface area contributed by atoms with Crippen LogP contribution in [0.5, 0.6) is 0 Å². The Bertz CT molecular complexity index is 503. The number of carbonyl (C=O) groups excluding carboxylic acids is 1. The van der Waals surface area contributed by atoms with Gasteiger partial charge in [-0.15, -0.1) is 0 Å². The largest absolute Gasteiger partial charge is 0.371 e. The highest BCUT2D eigenvalue weighted by molar-refractivity contribution is 5.78. The molecule has 1 aromatic rings. The first-order chi connectivity index (χ1) is 10.7. The molecule has 0 aromatic heterocycles. The second kappa shape index (κ2) is 7.14. The molecule has 0 atom stereocenters. The molecule has 0 aliphatic carbocycles. The third-order valence-corrected chi connectivity index (χ3v) is 4.79. The number of piperidine rings is 1. The Labute approximate surface area is 133 Å². The maximum atomic E-state index is 12.1. The van der Waals surface area contributed by atoms with Crippen LogP contribution < -0.4 is 10.2 Å². The van der Waals surface area contributed by atoms with Crippen molar-refractivity contribution >= 4 is 11.6 Å². The van der Waals surface area contributed by atoms with E-state index in [9.17, 15) is 4.79 Å². The Morgan fingerprint density at radius 2 is 1.91 bits per heavy atom. The summed E-state index contributed by atoms with van der Waals surface area (Å²) in [7, 11) is 0. The number of carbonyl (C=O) groups is 1. The van der Waals surface area contributed by atoms with Gasteiger partial charge in [-0.05, 0) is 63.4 Å². The molecule has 0 saturated carbocycles. The van der Waals surface area contributed by atoms with E-state index in [1.54, 1.807) is 0 Å². The standard InChI is InChI=1S/C18H27N3O/c1-15-5-4-6-17(13-15)21-11-7-16(8-12-21)19-18(22)14-20-9-2-3-10-20/h4-6,13,16H,2-3,7-12,14H2,1H3,(H,19,22). The molecular formula is C18H27N3O. The van der Waals surface area contributed by atoms with Gasteiger partial charge in [-0.2, -0.15) is 0 Å². The quantitative estimate of drug-likeness (QED) is 0.926. The summed E-state index contributed by atoms with van der Waals surface area (Å²) in [5.41, 5.74) is 2.61. The van der Waals surface area contributed by atoms with Gasteiger partial charge >= 0.3 is 0 Å². The van der Waals surface area contributed by atoms with Gasteiger partial charge in [0, 0.05) is 24.8 Å². The molecule has 4 nitrogen and oxygen atoms in total. The second-order valence-electron chi connectivity index (χ2n) is 6.65. The monoisotopic (exact) mass is 301 g/mol. The summed E-state index contributed by atoms with van der Waals surface area (Å²) in [6.07, 6.45) is 4.56. The van der Waals surface area contributed by atoms with Gasteiger partial charge in [0.2, 0.25) is 5.91 Å². The number of nitrogens with zero attached hydrogens (tertiary/aromatic N) is 2. The molecule has 4 heteroatoms. The van der Waals surface area contributed by atoms with Gasteiger partial charge in [-0.25, -0.2) is 0 Å². The van der Waals surface area contributed by atoms with E-state index in [4.69, 9.17) is 0 Å². The van der Waals surface area contributed by atoms with Crippen LogP contribution in [-0.2, 0) is 4.79 Å². The summed E-state index contributed by atoms with van der Waals surface area (Å²) in [5, 5.41) is 3.22. The van der Waals surface area contributed by atoms with Crippen molar-refractivity contribution in [3.05, 3.63) is 29.8 Å². The summed E-state index contributed by atoms with van der Waals surface area (Å²) in [4.78, 5) is 16.8. The predicted octanol–water partition coefficient (Wildman–Crippen LogP) is 2.18. The van der Waals surface area contributed by atoms with Gasteiger partial charge in [0.15, 0.2) is 0 Å². The smallest absolute Gasteiger partial charge is 0.234 e. The molecule has 2 aliphatic rings. The molecule has 2 fully saturated rings. The molecule has 0 bridgehead atoms. The zero-order valence-electron chi connectivity index (χ0n) is 13.6. The van der Waals surface area contributed by atoms with Gasteiger partial charge in [-0.3, -0.25) is 9.69 Å². The normalized spacial score (nSPS) is 20.3. The first-order valence-electron chi connectivity index (χ1n) is 8.54. The summed E-state index contributed by atoms with van der Waals surface area (Å²) in [6, 6.07) is 9.02.